The molecule has 0 radical (unpaired) electrons. The summed E-state index contributed by atoms with van der Waals surface area (Å²) in [5.41, 5.74) is 2.17. The monoisotopic (exact) mass is 537 g/mol. The summed E-state index contributed by atoms with van der Waals surface area (Å²) in [5, 5.41) is 6.88. The number of hydrogen-bond acceptors (Lipinski definition) is 7. The zero-order valence-electron chi connectivity index (χ0n) is 18.8. The van der Waals surface area contributed by atoms with Crippen LogP contribution in [-0.4, -0.2) is 23.7 Å². The summed E-state index contributed by atoms with van der Waals surface area (Å²) >= 11 is 13.4. The SMILES string of the molecule is Cc1ccc2nc(N(/N=C/c3coc4ccccc4c3=O)C(=O)COc3ccc(Cl)cc3Cl)sc2c1. The Labute approximate surface area is 219 Å². The van der Waals surface area contributed by atoms with Crippen LogP contribution in [0.1, 0.15) is 11.1 Å². The Balaban J connectivity index is 1.49. The Morgan fingerprint density at radius 2 is 2.00 bits per heavy atom. The Kier molecular flexibility index (Phi) is 6.73. The lowest BCUT2D eigenvalue weighted by molar-refractivity contribution is -0.120. The number of rotatable bonds is 6. The molecule has 10 heteroatoms. The molecule has 0 N–H and O–H groups in total. The molecule has 0 atom stereocenters. The number of nitrogens with zero attached hydrogens (tertiary/aromatic N) is 3. The smallest absolute Gasteiger partial charge is 0.287 e. The molecule has 1 amide bonds. The number of halogens is 2. The Hall–Kier alpha value is -3.72. The number of ether oxygens (including phenoxy) is 1. The quantitative estimate of drug-likeness (QED) is 0.183. The van der Waals surface area contributed by atoms with Crippen LogP contribution < -0.4 is 15.2 Å². The van der Waals surface area contributed by atoms with Crippen LogP contribution in [0.25, 0.3) is 21.2 Å². The zero-order valence-corrected chi connectivity index (χ0v) is 21.1. The minimum absolute atomic E-state index is 0.185. The predicted molar refractivity (Wildman–Crippen MR) is 144 cm³/mol. The van der Waals surface area contributed by atoms with Gasteiger partial charge in [-0.05, 0) is 55.0 Å². The average molecular weight is 538 g/mol. The van der Waals surface area contributed by atoms with Crippen molar-refractivity contribution in [3.05, 3.63) is 98.3 Å². The fourth-order valence-corrected chi connectivity index (χ4v) is 4.93. The first-order chi connectivity index (χ1) is 17.4. The number of hydrogen-bond donors (Lipinski definition) is 0. The lowest BCUT2D eigenvalue weighted by Crippen LogP contribution is -2.31. The van der Waals surface area contributed by atoms with E-state index in [1.807, 2.05) is 25.1 Å². The number of carbonyl (C=O) groups excluding carboxylic acids is 1. The van der Waals surface area contributed by atoms with E-state index in [1.165, 1.54) is 29.9 Å². The molecule has 2 aromatic heterocycles. The van der Waals surface area contributed by atoms with Gasteiger partial charge in [0, 0.05) is 5.02 Å². The van der Waals surface area contributed by atoms with E-state index in [0.29, 0.717) is 26.9 Å². The van der Waals surface area contributed by atoms with Crippen molar-refractivity contribution in [3.63, 3.8) is 0 Å². The van der Waals surface area contributed by atoms with Gasteiger partial charge in [0.05, 0.1) is 32.4 Å². The van der Waals surface area contributed by atoms with E-state index in [4.69, 9.17) is 32.4 Å². The molecule has 0 aliphatic heterocycles. The van der Waals surface area contributed by atoms with Crippen molar-refractivity contribution in [3.8, 4) is 5.75 Å². The second-order valence-corrected chi connectivity index (χ2v) is 9.65. The number of benzene rings is 3. The third-order valence-corrected chi connectivity index (χ3v) is 6.74. The van der Waals surface area contributed by atoms with Crippen molar-refractivity contribution in [2.45, 2.75) is 6.92 Å². The van der Waals surface area contributed by atoms with E-state index in [2.05, 4.69) is 10.1 Å². The first-order valence-electron chi connectivity index (χ1n) is 10.7. The largest absolute Gasteiger partial charge is 0.482 e. The Bertz CT molecular complexity index is 1700. The lowest BCUT2D eigenvalue weighted by Gasteiger charge is -2.15. The minimum Gasteiger partial charge on any atom is -0.482 e. The van der Waals surface area contributed by atoms with Crippen molar-refractivity contribution in [2.75, 3.05) is 11.6 Å². The van der Waals surface area contributed by atoms with E-state index >= 15 is 0 Å². The number of amides is 1. The van der Waals surface area contributed by atoms with Gasteiger partial charge in [0.15, 0.2) is 6.61 Å². The van der Waals surface area contributed by atoms with E-state index < -0.39 is 5.91 Å². The number of thiazole rings is 1. The van der Waals surface area contributed by atoms with Crippen LogP contribution in [0.4, 0.5) is 5.13 Å². The highest BCUT2D eigenvalue weighted by Crippen LogP contribution is 2.31. The van der Waals surface area contributed by atoms with Gasteiger partial charge in [0.1, 0.15) is 17.6 Å². The number of para-hydroxylation sites is 1. The van der Waals surface area contributed by atoms with Crippen LogP contribution >= 0.6 is 34.5 Å². The molecule has 2 heterocycles. The van der Waals surface area contributed by atoms with Crippen LogP contribution in [0, 0.1) is 6.92 Å². The first kappa shape index (κ1) is 24.0. The van der Waals surface area contributed by atoms with Gasteiger partial charge in [-0.15, -0.1) is 0 Å². The number of anilines is 1. The first-order valence-corrected chi connectivity index (χ1v) is 12.3. The lowest BCUT2D eigenvalue weighted by atomic mass is 10.2. The van der Waals surface area contributed by atoms with Crippen LogP contribution in [0.5, 0.6) is 5.75 Å². The van der Waals surface area contributed by atoms with E-state index in [-0.39, 0.29) is 22.6 Å². The van der Waals surface area contributed by atoms with Crippen molar-refractivity contribution < 1.29 is 13.9 Å². The van der Waals surface area contributed by atoms with Crippen LogP contribution in [0.2, 0.25) is 10.0 Å². The number of aromatic nitrogens is 1. The molecule has 0 aliphatic carbocycles. The highest BCUT2D eigenvalue weighted by Gasteiger charge is 2.21. The summed E-state index contributed by atoms with van der Waals surface area (Å²) in [6, 6.07) is 17.4. The van der Waals surface area contributed by atoms with Crippen LogP contribution in [-0.2, 0) is 4.79 Å². The van der Waals surface area contributed by atoms with Gasteiger partial charge in [-0.2, -0.15) is 10.1 Å². The van der Waals surface area contributed by atoms with E-state index in [9.17, 15) is 9.59 Å². The van der Waals surface area contributed by atoms with Crippen molar-refractivity contribution >= 4 is 73.0 Å². The Morgan fingerprint density at radius 1 is 1.17 bits per heavy atom. The average Bonchev–Trinajstić information content (AvgIpc) is 3.27. The number of fused-ring (bicyclic) bond motifs is 2. The molecule has 3 aromatic carbocycles. The molecule has 0 spiro atoms. The van der Waals surface area contributed by atoms with Crippen LogP contribution in [0.3, 0.4) is 0 Å². The van der Waals surface area contributed by atoms with E-state index in [1.54, 1.807) is 36.4 Å². The molecular weight excluding hydrogens is 521 g/mol. The molecular formula is C26H17Cl2N3O4S. The summed E-state index contributed by atoms with van der Waals surface area (Å²) in [7, 11) is 0. The number of hydrazone groups is 1. The predicted octanol–water partition coefficient (Wildman–Crippen LogP) is 6.46. The van der Waals surface area contributed by atoms with Crippen molar-refractivity contribution in [2.24, 2.45) is 5.10 Å². The van der Waals surface area contributed by atoms with Crippen molar-refractivity contribution in [1.82, 2.24) is 4.98 Å². The third-order valence-electron chi connectivity index (χ3n) is 5.21. The summed E-state index contributed by atoms with van der Waals surface area (Å²) in [6.45, 7) is 1.60. The molecule has 36 heavy (non-hydrogen) atoms. The fraction of sp³-hybridized carbons (Fsp3) is 0.0769. The summed E-state index contributed by atoms with van der Waals surface area (Å²) in [5.74, 6) is -0.216. The zero-order chi connectivity index (χ0) is 25.2. The molecule has 0 saturated heterocycles. The van der Waals surface area contributed by atoms with Gasteiger partial charge < -0.3 is 9.15 Å². The number of aryl methyl sites for hydroxylation is 1. The van der Waals surface area contributed by atoms with Gasteiger partial charge in [-0.3, -0.25) is 9.59 Å². The normalized spacial score (nSPS) is 11.4. The highest BCUT2D eigenvalue weighted by atomic mass is 35.5. The number of carbonyl (C=O) groups is 1. The molecule has 5 rings (SSSR count). The molecule has 0 fully saturated rings. The Morgan fingerprint density at radius 3 is 2.83 bits per heavy atom. The molecule has 0 unspecified atom stereocenters. The summed E-state index contributed by atoms with van der Waals surface area (Å²) in [4.78, 5) is 30.7. The summed E-state index contributed by atoms with van der Waals surface area (Å²) in [6.07, 6.45) is 2.59. The molecule has 0 saturated carbocycles. The van der Waals surface area contributed by atoms with Crippen molar-refractivity contribution in [1.29, 1.82) is 0 Å². The van der Waals surface area contributed by atoms with Gasteiger partial charge in [0.25, 0.3) is 5.91 Å². The van der Waals surface area contributed by atoms with Crippen LogP contribution in [0.15, 0.2) is 81.2 Å². The molecule has 0 aliphatic rings. The standard InChI is InChI=1S/C26H17Cl2N3O4S/c1-15-6-8-20-23(10-15)36-26(30-20)31(24(32)14-35-22-9-7-17(27)11-19(22)28)29-12-16-13-34-21-5-3-2-4-18(21)25(16)33/h2-13H,14H2,1H3/b29-12+. The maximum atomic E-state index is 13.2. The topological polar surface area (TPSA) is 85.0 Å². The maximum Gasteiger partial charge on any atom is 0.287 e. The third kappa shape index (κ3) is 4.97. The van der Waals surface area contributed by atoms with Gasteiger partial charge >= 0.3 is 0 Å². The fourth-order valence-electron chi connectivity index (χ4n) is 3.43. The van der Waals surface area contributed by atoms with Gasteiger partial charge in [-0.25, -0.2) is 4.98 Å². The van der Waals surface area contributed by atoms with Gasteiger partial charge in [-0.1, -0.05) is 52.7 Å². The molecule has 5 aromatic rings. The molecule has 7 nitrogen and oxygen atoms in total. The minimum atomic E-state index is -0.516. The second-order valence-electron chi connectivity index (χ2n) is 7.80. The van der Waals surface area contributed by atoms with E-state index in [0.717, 1.165) is 20.8 Å². The maximum absolute atomic E-state index is 13.2. The molecule has 0 bridgehead atoms. The van der Waals surface area contributed by atoms with Gasteiger partial charge in [0.2, 0.25) is 10.6 Å². The summed E-state index contributed by atoms with van der Waals surface area (Å²) < 4.78 is 12.1. The molecule has 180 valence electrons. The second kappa shape index (κ2) is 10.1. The highest BCUT2D eigenvalue weighted by molar-refractivity contribution is 7.22.